The van der Waals surface area contributed by atoms with Crippen LogP contribution < -0.4 is 0 Å². The van der Waals surface area contributed by atoms with Gasteiger partial charge in [-0.1, -0.05) is 23.2 Å². The normalized spacial score (nSPS) is 10.4. The molecule has 6 heteroatoms. The number of halogens is 5. The number of hydrogen-bond donors (Lipinski definition) is 1. The molecule has 0 spiro atoms. The van der Waals surface area contributed by atoms with Crippen molar-refractivity contribution in [2.24, 2.45) is 0 Å². The highest BCUT2D eigenvalue weighted by atomic mass is 79.9. The molecular formula is C6HBr3Cl2O. The molecule has 0 saturated carbocycles. The van der Waals surface area contributed by atoms with Gasteiger partial charge in [-0.15, -0.1) is 0 Å². The van der Waals surface area contributed by atoms with E-state index in [0.717, 1.165) is 0 Å². The first kappa shape index (κ1) is 11.1. The first-order valence-electron chi connectivity index (χ1n) is 2.67. The second kappa shape index (κ2) is 4.05. The Hall–Kier alpha value is 1.04. The van der Waals surface area contributed by atoms with Crippen LogP contribution in [0, 0.1) is 0 Å². The molecule has 1 aromatic carbocycles. The van der Waals surface area contributed by atoms with Crippen LogP contribution >= 0.6 is 71.0 Å². The van der Waals surface area contributed by atoms with Crippen LogP contribution in [-0.2, 0) is 0 Å². The SMILES string of the molecule is Oc1c(Cl)c(Cl)c(Br)c(Br)c1Br. The highest BCUT2D eigenvalue weighted by Gasteiger charge is 2.16. The van der Waals surface area contributed by atoms with Gasteiger partial charge in [0.25, 0.3) is 0 Å². The highest BCUT2D eigenvalue weighted by Crippen LogP contribution is 2.47. The quantitative estimate of drug-likeness (QED) is 0.481. The van der Waals surface area contributed by atoms with Crippen LogP contribution in [0.5, 0.6) is 5.75 Å². The Labute approximate surface area is 104 Å². The molecule has 0 aliphatic heterocycles. The third-order valence-corrected chi connectivity index (χ3v) is 5.68. The fourth-order valence-corrected chi connectivity index (χ4v) is 2.75. The fraction of sp³-hybridized carbons (Fsp3) is 0. The molecule has 0 unspecified atom stereocenters. The molecule has 1 nitrogen and oxygen atoms in total. The van der Waals surface area contributed by atoms with Crippen LogP contribution in [0.15, 0.2) is 13.4 Å². The van der Waals surface area contributed by atoms with E-state index < -0.39 is 0 Å². The summed E-state index contributed by atoms with van der Waals surface area (Å²) in [5.41, 5.74) is 0. The summed E-state index contributed by atoms with van der Waals surface area (Å²) in [6.07, 6.45) is 0. The lowest BCUT2D eigenvalue weighted by Gasteiger charge is -2.07. The van der Waals surface area contributed by atoms with Crippen LogP contribution in [0.3, 0.4) is 0 Å². The Bertz CT molecular complexity index is 235. The second-order valence-corrected chi connectivity index (χ2v) is 5.05. The van der Waals surface area contributed by atoms with Crippen molar-refractivity contribution in [3.63, 3.8) is 0 Å². The molecule has 0 fully saturated rings. The van der Waals surface area contributed by atoms with Crippen molar-refractivity contribution >= 4 is 71.0 Å². The van der Waals surface area contributed by atoms with E-state index in [1.54, 1.807) is 0 Å². The van der Waals surface area contributed by atoms with Gasteiger partial charge in [0.05, 0.1) is 18.4 Å². The molecule has 66 valence electrons. The zero-order chi connectivity index (χ0) is 9.46. The van der Waals surface area contributed by atoms with Gasteiger partial charge in [0.2, 0.25) is 0 Å². The van der Waals surface area contributed by atoms with Gasteiger partial charge >= 0.3 is 0 Å². The van der Waals surface area contributed by atoms with Gasteiger partial charge < -0.3 is 5.11 Å². The lowest BCUT2D eigenvalue weighted by molar-refractivity contribution is 0.471. The molecule has 0 bridgehead atoms. The maximum atomic E-state index is 9.38. The molecular weight excluding hydrogens is 399 g/mol. The van der Waals surface area contributed by atoms with Crippen LogP contribution in [0.1, 0.15) is 0 Å². The van der Waals surface area contributed by atoms with Crippen LogP contribution in [0.4, 0.5) is 0 Å². The molecule has 0 radical (unpaired) electrons. The Balaban J connectivity index is 3.60. The smallest absolute Gasteiger partial charge is 0.151 e. The molecule has 12 heavy (non-hydrogen) atoms. The molecule has 1 aromatic rings. The zero-order valence-electron chi connectivity index (χ0n) is 5.34. The van der Waals surface area contributed by atoms with E-state index in [1.807, 2.05) is 0 Å². The van der Waals surface area contributed by atoms with Crippen molar-refractivity contribution in [1.29, 1.82) is 0 Å². The Morgan fingerprint density at radius 3 is 1.83 bits per heavy atom. The Morgan fingerprint density at radius 1 is 0.833 bits per heavy atom. The highest BCUT2D eigenvalue weighted by molar-refractivity contribution is 9.14. The second-order valence-electron chi connectivity index (χ2n) is 1.92. The van der Waals surface area contributed by atoms with Crippen LogP contribution in [0.2, 0.25) is 10.0 Å². The maximum Gasteiger partial charge on any atom is 0.151 e. The van der Waals surface area contributed by atoms with Crippen molar-refractivity contribution < 1.29 is 5.11 Å². The van der Waals surface area contributed by atoms with E-state index in [2.05, 4.69) is 47.8 Å². The third kappa shape index (κ3) is 1.77. The summed E-state index contributed by atoms with van der Waals surface area (Å²) in [5, 5.41) is 9.78. The van der Waals surface area contributed by atoms with E-state index in [-0.39, 0.29) is 15.8 Å². The maximum absolute atomic E-state index is 9.38. The first-order chi connectivity index (χ1) is 5.46. The van der Waals surface area contributed by atoms with Crippen LogP contribution in [0.25, 0.3) is 0 Å². The minimum absolute atomic E-state index is 0.0725. The monoisotopic (exact) mass is 396 g/mol. The number of phenolic OH excluding ortho intramolecular Hbond substituents is 1. The van der Waals surface area contributed by atoms with E-state index in [4.69, 9.17) is 23.2 Å². The Kier molecular flexibility index (Phi) is 3.75. The fourth-order valence-electron chi connectivity index (χ4n) is 0.593. The summed E-state index contributed by atoms with van der Waals surface area (Å²) < 4.78 is 1.72. The molecule has 0 amide bonds. The minimum atomic E-state index is -0.0725. The lowest BCUT2D eigenvalue weighted by atomic mass is 10.3. The summed E-state index contributed by atoms with van der Waals surface area (Å²) >= 11 is 21.0. The van der Waals surface area contributed by atoms with E-state index in [1.165, 1.54) is 0 Å². The summed E-state index contributed by atoms with van der Waals surface area (Å²) in [6.45, 7) is 0. The van der Waals surface area contributed by atoms with Crippen molar-refractivity contribution in [3.05, 3.63) is 23.5 Å². The molecule has 0 aliphatic rings. The molecule has 1 rings (SSSR count). The van der Waals surface area contributed by atoms with Gasteiger partial charge in [-0.3, -0.25) is 0 Å². The molecule has 1 N–H and O–H groups in total. The average Bonchev–Trinajstić information content (AvgIpc) is 2.08. The van der Waals surface area contributed by atoms with Gasteiger partial charge in [-0.25, -0.2) is 0 Å². The molecule has 0 aromatic heterocycles. The van der Waals surface area contributed by atoms with Gasteiger partial charge in [0.15, 0.2) is 5.75 Å². The molecule has 0 saturated heterocycles. The third-order valence-electron chi connectivity index (χ3n) is 1.19. The number of rotatable bonds is 0. The average molecular weight is 400 g/mol. The molecule has 0 aliphatic carbocycles. The lowest BCUT2D eigenvalue weighted by Crippen LogP contribution is -1.79. The standard InChI is InChI=1S/C6HBr3Cl2O/c7-1-2(8)4(10)5(11)6(12)3(1)9/h12H. The van der Waals surface area contributed by atoms with Crippen molar-refractivity contribution in [3.8, 4) is 5.75 Å². The summed E-state index contributed by atoms with van der Waals surface area (Å²) in [4.78, 5) is 0. The van der Waals surface area contributed by atoms with Gasteiger partial charge in [-0.2, -0.15) is 0 Å². The van der Waals surface area contributed by atoms with Gasteiger partial charge in [-0.05, 0) is 47.8 Å². The predicted octanol–water partition coefficient (Wildman–Crippen LogP) is 4.99. The van der Waals surface area contributed by atoms with Gasteiger partial charge in [0, 0.05) is 0 Å². The summed E-state index contributed by atoms with van der Waals surface area (Å²) in [7, 11) is 0. The van der Waals surface area contributed by atoms with Crippen molar-refractivity contribution in [1.82, 2.24) is 0 Å². The molecule has 0 atom stereocenters. The number of benzene rings is 1. The van der Waals surface area contributed by atoms with E-state index in [0.29, 0.717) is 13.4 Å². The summed E-state index contributed by atoms with van der Waals surface area (Å²) in [5.74, 6) is -0.0725. The van der Waals surface area contributed by atoms with Crippen molar-refractivity contribution in [2.45, 2.75) is 0 Å². The topological polar surface area (TPSA) is 20.2 Å². The largest absolute Gasteiger partial charge is 0.505 e. The first-order valence-corrected chi connectivity index (χ1v) is 5.80. The van der Waals surface area contributed by atoms with Crippen molar-refractivity contribution in [2.75, 3.05) is 0 Å². The minimum Gasteiger partial charge on any atom is -0.505 e. The summed E-state index contributed by atoms with van der Waals surface area (Å²) in [6, 6.07) is 0. The number of phenols is 1. The Morgan fingerprint density at radius 2 is 1.33 bits per heavy atom. The number of hydrogen-bond acceptors (Lipinski definition) is 1. The number of aromatic hydroxyl groups is 1. The predicted molar refractivity (Wildman–Crippen MR) is 61.2 cm³/mol. The van der Waals surface area contributed by atoms with E-state index >= 15 is 0 Å². The van der Waals surface area contributed by atoms with Gasteiger partial charge in [0.1, 0.15) is 5.02 Å². The zero-order valence-corrected chi connectivity index (χ0v) is 11.6. The van der Waals surface area contributed by atoms with Crippen LogP contribution in [-0.4, -0.2) is 5.11 Å². The molecule has 0 heterocycles. The van der Waals surface area contributed by atoms with E-state index in [9.17, 15) is 5.11 Å².